The molecule has 9 nitrogen and oxygen atoms in total. The number of benzene rings is 1. The highest BCUT2D eigenvalue weighted by molar-refractivity contribution is 7.89. The van der Waals surface area contributed by atoms with E-state index in [2.05, 4.69) is 10.2 Å². The number of hydrogen-bond acceptors (Lipinski definition) is 6. The highest BCUT2D eigenvalue weighted by atomic mass is 32.2. The topological polar surface area (TPSA) is 99.3 Å². The summed E-state index contributed by atoms with van der Waals surface area (Å²) in [5, 5.41) is 2.84. The lowest BCUT2D eigenvalue weighted by Crippen LogP contribution is -2.41. The fourth-order valence-corrected chi connectivity index (χ4v) is 6.22. The second-order valence-corrected chi connectivity index (χ2v) is 11.0. The van der Waals surface area contributed by atoms with Crippen molar-refractivity contribution in [2.75, 3.05) is 64.3 Å². The Hall–Kier alpha value is -2.01. The van der Waals surface area contributed by atoms with Crippen molar-refractivity contribution in [2.24, 2.45) is 5.92 Å². The van der Waals surface area contributed by atoms with Crippen LogP contribution in [0.3, 0.4) is 0 Å². The first-order valence-electron chi connectivity index (χ1n) is 11.9. The molecule has 182 valence electrons. The third-order valence-electron chi connectivity index (χ3n) is 6.72. The molecule has 2 amide bonds. The lowest BCUT2D eigenvalue weighted by molar-refractivity contribution is -0.131. The third-order valence-corrected chi connectivity index (χ3v) is 8.62. The smallest absolute Gasteiger partial charge is 0.243 e. The van der Waals surface area contributed by atoms with Crippen molar-refractivity contribution < 1.29 is 22.7 Å². The molecule has 0 bridgehead atoms. The van der Waals surface area contributed by atoms with Crippen LogP contribution in [0.4, 0.5) is 5.69 Å². The summed E-state index contributed by atoms with van der Waals surface area (Å²) in [5.74, 6) is 0.498. The molecule has 0 atom stereocenters. The number of sulfonamides is 1. The zero-order chi connectivity index (χ0) is 23.3. The van der Waals surface area contributed by atoms with Gasteiger partial charge in [0.25, 0.3) is 0 Å². The van der Waals surface area contributed by atoms with Crippen molar-refractivity contribution >= 4 is 27.5 Å². The van der Waals surface area contributed by atoms with E-state index >= 15 is 0 Å². The van der Waals surface area contributed by atoms with E-state index in [4.69, 9.17) is 4.74 Å². The number of anilines is 1. The molecule has 0 spiro atoms. The van der Waals surface area contributed by atoms with Gasteiger partial charge >= 0.3 is 0 Å². The first-order chi connectivity index (χ1) is 15.9. The van der Waals surface area contributed by atoms with Crippen molar-refractivity contribution in [3.63, 3.8) is 0 Å². The number of hydrogen-bond donors (Lipinski definition) is 1. The lowest BCUT2D eigenvalue weighted by Gasteiger charge is -2.32. The van der Waals surface area contributed by atoms with Gasteiger partial charge in [-0.2, -0.15) is 4.31 Å². The predicted molar refractivity (Wildman–Crippen MR) is 124 cm³/mol. The molecule has 4 rings (SSSR count). The molecule has 1 aromatic carbocycles. The third kappa shape index (κ3) is 6.32. The number of piperidine rings is 1. The summed E-state index contributed by atoms with van der Waals surface area (Å²) >= 11 is 0. The van der Waals surface area contributed by atoms with Crippen LogP contribution in [0.2, 0.25) is 0 Å². The number of ether oxygens (including phenoxy) is 1. The van der Waals surface area contributed by atoms with Crippen LogP contribution in [0, 0.1) is 5.92 Å². The lowest BCUT2D eigenvalue weighted by atomic mass is 9.93. The number of likely N-dealkylation sites (tertiary alicyclic amines) is 2. The molecule has 0 unspecified atom stereocenters. The number of amides is 2. The quantitative estimate of drug-likeness (QED) is 0.636. The molecule has 10 heteroatoms. The number of carbonyl (C=O) groups excluding carboxylic acids is 2. The Morgan fingerprint density at radius 3 is 2.39 bits per heavy atom. The normalized spacial score (nSPS) is 21.3. The van der Waals surface area contributed by atoms with Gasteiger partial charge in [-0.1, -0.05) is 6.07 Å². The van der Waals surface area contributed by atoms with Gasteiger partial charge in [-0.15, -0.1) is 0 Å². The van der Waals surface area contributed by atoms with Crippen LogP contribution in [0.1, 0.15) is 32.1 Å². The summed E-state index contributed by atoms with van der Waals surface area (Å²) in [5.41, 5.74) is 0.473. The highest BCUT2D eigenvalue weighted by Gasteiger charge is 2.28. The number of rotatable bonds is 7. The van der Waals surface area contributed by atoms with Gasteiger partial charge in [-0.3, -0.25) is 14.5 Å². The minimum absolute atomic E-state index is 0.164. The summed E-state index contributed by atoms with van der Waals surface area (Å²) in [6.45, 7) is 5.06. The molecule has 0 aliphatic carbocycles. The van der Waals surface area contributed by atoms with Gasteiger partial charge in [0.2, 0.25) is 21.8 Å². The number of nitrogens with zero attached hydrogens (tertiary/aromatic N) is 3. The van der Waals surface area contributed by atoms with Crippen molar-refractivity contribution in [1.29, 1.82) is 0 Å². The van der Waals surface area contributed by atoms with E-state index in [9.17, 15) is 18.0 Å². The summed E-state index contributed by atoms with van der Waals surface area (Å²) in [6, 6.07) is 6.41. The first-order valence-corrected chi connectivity index (χ1v) is 13.3. The molecule has 3 heterocycles. The minimum Gasteiger partial charge on any atom is -0.379 e. The maximum Gasteiger partial charge on any atom is 0.243 e. The summed E-state index contributed by atoms with van der Waals surface area (Å²) < 4.78 is 32.4. The van der Waals surface area contributed by atoms with Gasteiger partial charge in [0.1, 0.15) is 0 Å². The van der Waals surface area contributed by atoms with E-state index in [1.54, 1.807) is 18.2 Å². The first kappa shape index (κ1) is 24.1. The largest absolute Gasteiger partial charge is 0.379 e. The van der Waals surface area contributed by atoms with Crippen molar-refractivity contribution in [1.82, 2.24) is 14.1 Å². The molecule has 3 saturated heterocycles. The van der Waals surface area contributed by atoms with E-state index in [0.29, 0.717) is 44.3 Å². The molecular weight excluding hydrogens is 444 g/mol. The number of nitrogens with one attached hydrogen (secondary N) is 1. The van der Waals surface area contributed by atoms with Crippen molar-refractivity contribution in [2.45, 2.75) is 37.0 Å². The average molecular weight is 479 g/mol. The second-order valence-electron chi connectivity index (χ2n) is 9.10. The average Bonchev–Trinajstić information content (AvgIpc) is 3.36. The molecule has 0 saturated carbocycles. The SMILES string of the molecule is O=C(CN1CCC(CC(=O)N2CCCC2)CC1)Nc1cccc(S(=O)(=O)N2CCOCC2)c1. The van der Waals surface area contributed by atoms with E-state index in [-0.39, 0.29) is 23.3 Å². The Labute approximate surface area is 196 Å². The van der Waals surface area contributed by atoms with Crippen molar-refractivity contribution in [3.8, 4) is 0 Å². The molecule has 3 fully saturated rings. The minimum atomic E-state index is -3.61. The maximum atomic E-state index is 12.9. The van der Waals surface area contributed by atoms with Crippen LogP contribution >= 0.6 is 0 Å². The molecule has 1 N–H and O–H groups in total. The van der Waals surface area contributed by atoms with Gasteiger partial charge in [-0.05, 0) is 62.9 Å². The number of carbonyl (C=O) groups is 2. The van der Waals surface area contributed by atoms with E-state index in [1.165, 1.54) is 10.4 Å². The Morgan fingerprint density at radius 1 is 1.00 bits per heavy atom. The summed E-state index contributed by atoms with van der Waals surface area (Å²) in [6.07, 6.45) is 4.67. The molecule has 3 aliphatic heterocycles. The van der Waals surface area contributed by atoms with Crippen LogP contribution in [0.5, 0.6) is 0 Å². The van der Waals surface area contributed by atoms with Gasteiger partial charge in [0, 0.05) is 38.3 Å². The van der Waals surface area contributed by atoms with Crippen LogP contribution in [0.25, 0.3) is 0 Å². The zero-order valence-electron chi connectivity index (χ0n) is 19.1. The van der Waals surface area contributed by atoms with Gasteiger partial charge < -0.3 is 15.0 Å². The molecule has 0 radical (unpaired) electrons. The molecule has 1 aromatic rings. The van der Waals surface area contributed by atoms with Gasteiger partial charge in [0.05, 0.1) is 24.7 Å². The molecular formula is C23H34N4O5S. The highest BCUT2D eigenvalue weighted by Crippen LogP contribution is 2.23. The maximum absolute atomic E-state index is 12.9. The van der Waals surface area contributed by atoms with Gasteiger partial charge in [-0.25, -0.2) is 8.42 Å². The Kier molecular flexibility index (Phi) is 8.00. The Bertz CT molecular complexity index is 934. The van der Waals surface area contributed by atoms with E-state index in [1.807, 2.05) is 4.90 Å². The zero-order valence-corrected chi connectivity index (χ0v) is 19.9. The fourth-order valence-electron chi connectivity index (χ4n) is 4.77. The summed E-state index contributed by atoms with van der Waals surface area (Å²) in [4.78, 5) is 29.2. The van der Waals surface area contributed by atoms with Gasteiger partial charge in [0.15, 0.2) is 0 Å². The standard InChI is InChI=1S/C23H34N4O5S/c28-22(18-25-10-6-19(7-11-25)16-23(29)26-8-1-2-9-26)24-20-4-3-5-21(17-20)33(30,31)27-12-14-32-15-13-27/h3-5,17,19H,1-2,6-16,18H2,(H,24,28). The van der Waals surface area contributed by atoms with Crippen LogP contribution in [-0.2, 0) is 24.3 Å². The fraction of sp³-hybridized carbons (Fsp3) is 0.652. The van der Waals surface area contributed by atoms with Crippen LogP contribution in [0.15, 0.2) is 29.2 Å². The molecule has 0 aromatic heterocycles. The van der Waals surface area contributed by atoms with Crippen LogP contribution in [-0.4, -0.2) is 93.4 Å². The number of morpholine rings is 1. The Balaban J connectivity index is 1.25. The van der Waals surface area contributed by atoms with E-state index in [0.717, 1.165) is 51.9 Å². The molecule has 33 heavy (non-hydrogen) atoms. The van der Waals surface area contributed by atoms with Crippen LogP contribution < -0.4 is 5.32 Å². The molecule has 3 aliphatic rings. The Morgan fingerprint density at radius 2 is 1.70 bits per heavy atom. The second kappa shape index (κ2) is 10.9. The predicted octanol–water partition coefficient (Wildman–Crippen LogP) is 1.37. The van der Waals surface area contributed by atoms with E-state index < -0.39 is 10.0 Å². The van der Waals surface area contributed by atoms with Crippen molar-refractivity contribution in [3.05, 3.63) is 24.3 Å². The monoisotopic (exact) mass is 478 g/mol. The summed E-state index contributed by atoms with van der Waals surface area (Å²) in [7, 11) is -3.61.